The van der Waals surface area contributed by atoms with E-state index in [4.69, 9.17) is 4.74 Å². The first-order chi connectivity index (χ1) is 18.0. The fraction of sp³-hybridized carbons (Fsp3) is 0.448. The molecule has 9 heteroatoms. The van der Waals surface area contributed by atoms with Crippen molar-refractivity contribution in [2.75, 3.05) is 7.11 Å². The van der Waals surface area contributed by atoms with Gasteiger partial charge in [0.1, 0.15) is 17.0 Å². The lowest BCUT2D eigenvalue weighted by Gasteiger charge is -2.36. The van der Waals surface area contributed by atoms with Crippen LogP contribution in [0.4, 0.5) is 0 Å². The number of carbonyl (C=O) groups is 4. The van der Waals surface area contributed by atoms with Gasteiger partial charge in [-0.2, -0.15) is 0 Å². The molecule has 0 spiro atoms. The van der Waals surface area contributed by atoms with Crippen molar-refractivity contribution in [2.24, 2.45) is 11.8 Å². The van der Waals surface area contributed by atoms with E-state index in [2.05, 4.69) is 0 Å². The molecular formula is C29H32O9. The summed E-state index contributed by atoms with van der Waals surface area (Å²) in [5, 5.41) is 41.3. The van der Waals surface area contributed by atoms with Crippen LogP contribution in [-0.2, 0) is 9.59 Å². The minimum absolute atomic E-state index is 0.0568. The average Bonchev–Trinajstić information content (AvgIpc) is 2.92. The van der Waals surface area contributed by atoms with Crippen molar-refractivity contribution in [3.8, 4) is 16.9 Å². The van der Waals surface area contributed by atoms with E-state index in [0.717, 1.165) is 0 Å². The Kier molecular flexibility index (Phi) is 7.71. The zero-order valence-corrected chi connectivity index (χ0v) is 21.2. The maximum absolute atomic E-state index is 13.4. The highest BCUT2D eigenvalue weighted by Gasteiger charge is 2.50. The number of hydrogen-bond donors (Lipinski definition) is 4. The van der Waals surface area contributed by atoms with Crippen LogP contribution in [-0.4, -0.2) is 62.2 Å². The monoisotopic (exact) mass is 524 g/mol. The first-order valence-electron chi connectivity index (χ1n) is 12.8. The summed E-state index contributed by atoms with van der Waals surface area (Å²) in [7, 11) is 1.46. The highest BCUT2D eigenvalue weighted by molar-refractivity contribution is 6.06. The highest BCUT2D eigenvalue weighted by Crippen LogP contribution is 2.40. The average molecular weight is 525 g/mol. The van der Waals surface area contributed by atoms with Crippen molar-refractivity contribution >= 4 is 23.5 Å². The minimum atomic E-state index is -2.01. The molecule has 0 radical (unpaired) electrons. The molecule has 4 unspecified atom stereocenters. The van der Waals surface area contributed by atoms with Gasteiger partial charge in [-0.25, -0.2) is 0 Å². The van der Waals surface area contributed by atoms with Gasteiger partial charge < -0.3 is 25.2 Å². The largest absolute Gasteiger partial charge is 0.496 e. The molecule has 2 fully saturated rings. The van der Waals surface area contributed by atoms with Crippen LogP contribution in [0.3, 0.4) is 0 Å². The van der Waals surface area contributed by atoms with E-state index >= 15 is 0 Å². The molecule has 202 valence electrons. The highest BCUT2D eigenvalue weighted by atomic mass is 16.5. The van der Waals surface area contributed by atoms with Crippen molar-refractivity contribution in [1.82, 2.24) is 0 Å². The standard InChI is InChI=1S/C29H32O9/c1-38-23-13-12-19(25(31)29(37)15-5-3-7-22(29)27(34)35)16-20(23)17-8-10-18(11-9-17)24(30)28(36)14-4-2-6-21(28)26(32)33/h8-13,16,21-22,36-37H,2-7,14-15H2,1H3,(H,32,33)(H,34,35). The van der Waals surface area contributed by atoms with Gasteiger partial charge in [-0.05, 0) is 49.4 Å². The van der Waals surface area contributed by atoms with Crippen molar-refractivity contribution in [2.45, 2.75) is 62.6 Å². The third-order valence-corrected chi connectivity index (χ3v) is 8.06. The van der Waals surface area contributed by atoms with Gasteiger partial charge in [0.15, 0.2) is 11.6 Å². The zero-order chi connectivity index (χ0) is 27.7. The third kappa shape index (κ3) is 4.83. The molecule has 0 aromatic heterocycles. The molecule has 9 nitrogen and oxygen atoms in total. The predicted molar refractivity (Wildman–Crippen MR) is 136 cm³/mol. The lowest BCUT2D eigenvalue weighted by atomic mass is 9.71. The number of hydrogen-bond acceptors (Lipinski definition) is 7. The topological polar surface area (TPSA) is 158 Å². The number of aliphatic carboxylic acids is 2. The number of carbonyl (C=O) groups excluding carboxylic acids is 2. The zero-order valence-electron chi connectivity index (χ0n) is 21.2. The number of benzene rings is 2. The molecule has 4 atom stereocenters. The number of methoxy groups -OCH3 is 1. The van der Waals surface area contributed by atoms with Gasteiger partial charge in [0.05, 0.1) is 18.9 Å². The number of ether oxygens (including phenoxy) is 1. The van der Waals surface area contributed by atoms with Crippen LogP contribution >= 0.6 is 0 Å². The number of aliphatic hydroxyl groups is 2. The Hall–Kier alpha value is -3.56. The van der Waals surface area contributed by atoms with Crippen molar-refractivity contribution < 1.29 is 44.3 Å². The summed E-state index contributed by atoms with van der Waals surface area (Å²) < 4.78 is 5.45. The number of Topliss-reactive ketones (excluding diaryl/α,β-unsaturated/α-hetero) is 2. The summed E-state index contributed by atoms with van der Waals surface area (Å²) in [6.07, 6.45) is 2.91. The van der Waals surface area contributed by atoms with Crippen LogP contribution in [0.1, 0.15) is 72.1 Å². The fourth-order valence-corrected chi connectivity index (χ4v) is 5.89. The van der Waals surface area contributed by atoms with E-state index in [9.17, 15) is 39.6 Å². The molecule has 4 N–H and O–H groups in total. The Morgan fingerprint density at radius 1 is 0.737 bits per heavy atom. The first kappa shape index (κ1) is 27.5. The fourth-order valence-electron chi connectivity index (χ4n) is 5.89. The van der Waals surface area contributed by atoms with Crippen LogP contribution in [0.2, 0.25) is 0 Å². The summed E-state index contributed by atoms with van der Waals surface area (Å²) in [4.78, 5) is 50.0. The second kappa shape index (κ2) is 10.7. The molecule has 0 saturated heterocycles. The molecular weight excluding hydrogens is 492 g/mol. The number of carboxylic acids is 2. The van der Waals surface area contributed by atoms with E-state index < -0.39 is 46.5 Å². The quantitative estimate of drug-likeness (QED) is 0.377. The molecule has 0 heterocycles. The molecule has 0 bridgehead atoms. The van der Waals surface area contributed by atoms with Crippen LogP contribution in [0, 0.1) is 11.8 Å². The van der Waals surface area contributed by atoms with E-state index in [1.807, 2.05) is 0 Å². The molecule has 2 saturated carbocycles. The summed E-state index contributed by atoms with van der Waals surface area (Å²) in [5.41, 5.74) is -2.63. The van der Waals surface area contributed by atoms with Crippen molar-refractivity contribution in [3.63, 3.8) is 0 Å². The van der Waals surface area contributed by atoms with Crippen LogP contribution in [0.25, 0.3) is 11.1 Å². The van der Waals surface area contributed by atoms with Gasteiger partial charge in [-0.15, -0.1) is 0 Å². The summed E-state index contributed by atoms with van der Waals surface area (Å²) in [6.45, 7) is 0. The summed E-state index contributed by atoms with van der Waals surface area (Å²) >= 11 is 0. The van der Waals surface area contributed by atoms with Crippen LogP contribution in [0.15, 0.2) is 42.5 Å². The van der Waals surface area contributed by atoms with Gasteiger partial charge in [0.2, 0.25) is 0 Å². The maximum atomic E-state index is 13.4. The van der Waals surface area contributed by atoms with Gasteiger partial charge in [0, 0.05) is 16.7 Å². The Bertz CT molecular complexity index is 1250. The van der Waals surface area contributed by atoms with Gasteiger partial charge >= 0.3 is 11.9 Å². The molecule has 2 aromatic carbocycles. The van der Waals surface area contributed by atoms with Crippen molar-refractivity contribution in [1.29, 1.82) is 0 Å². The number of carboxylic acid groups (broad SMARTS) is 2. The minimum Gasteiger partial charge on any atom is -0.496 e. The van der Waals surface area contributed by atoms with E-state index in [1.54, 1.807) is 18.2 Å². The van der Waals surface area contributed by atoms with Gasteiger partial charge in [-0.1, -0.05) is 49.9 Å². The summed E-state index contributed by atoms with van der Waals surface area (Å²) in [5.74, 6) is -5.67. The van der Waals surface area contributed by atoms with E-state index in [-0.39, 0.29) is 36.8 Å². The maximum Gasteiger partial charge on any atom is 0.309 e. The SMILES string of the molecule is COc1ccc(C(=O)C2(O)CCCCC2C(=O)O)cc1-c1ccc(C(=O)C2(O)CCCCC2C(=O)O)cc1. The molecule has 0 aliphatic heterocycles. The first-order valence-corrected chi connectivity index (χ1v) is 12.8. The van der Waals surface area contributed by atoms with Crippen molar-refractivity contribution in [3.05, 3.63) is 53.6 Å². The van der Waals surface area contributed by atoms with Gasteiger partial charge in [-0.3, -0.25) is 19.2 Å². The third-order valence-electron chi connectivity index (χ3n) is 8.06. The smallest absolute Gasteiger partial charge is 0.309 e. The van der Waals surface area contributed by atoms with E-state index in [0.29, 0.717) is 42.6 Å². The summed E-state index contributed by atoms with van der Waals surface area (Å²) in [6, 6.07) is 10.8. The Morgan fingerprint density at radius 3 is 1.68 bits per heavy atom. The second-order valence-corrected chi connectivity index (χ2v) is 10.3. The number of rotatable bonds is 8. The molecule has 2 aliphatic rings. The second-order valence-electron chi connectivity index (χ2n) is 10.3. The molecule has 2 aliphatic carbocycles. The lowest BCUT2D eigenvalue weighted by Crippen LogP contribution is -2.51. The molecule has 4 rings (SSSR count). The Morgan fingerprint density at radius 2 is 1.21 bits per heavy atom. The predicted octanol–water partition coefficient (Wildman–Crippen LogP) is 3.74. The molecule has 2 aromatic rings. The molecule has 0 amide bonds. The van der Waals surface area contributed by atoms with Crippen LogP contribution < -0.4 is 4.74 Å². The lowest BCUT2D eigenvalue weighted by molar-refractivity contribution is -0.153. The number of ketones is 2. The van der Waals surface area contributed by atoms with E-state index in [1.165, 1.54) is 31.4 Å². The van der Waals surface area contributed by atoms with Gasteiger partial charge in [0.25, 0.3) is 0 Å². The van der Waals surface area contributed by atoms with Crippen LogP contribution in [0.5, 0.6) is 5.75 Å². The normalized spacial score (nSPS) is 27.3. The Balaban J connectivity index is 1.66. The Labute approximate surface area is 220 Å². The molecule has 38 heavy (non-hydrogen) atoms.